The summed E-state index contributed by atoms with van der Waals surface area (Å²) in [4.78, 5) is 16.0. The average Bonchev–Trinajstić information content (AvgIpc) is 2.66. The van der Waals surface area contributed by atoms with Crippen molar-refractivity contribution in [2.75, 3.05) is 13.7 Å². The molecule has 130 valence electrons. The van der Waals surface area contributed by atoms with Crippen LogP contribution in [0.1, 0.15) is 30.9 Å². The third-order valence-corrected chi connectivity index (χ3v) is 3.53. The smallest absolute Gasteiger partial charge is 0.330 e. The van der Waals surface area contributed by atoms with Crippen LogP contribution in [0.25, 0.3) is 6.08 Å². The van der Waals surface area contributed by atoms with Crippen molar-refractivity contribution in [3.63, 3.8) is 0 Å². The molecule has 0 aliphatic rings. The highest BCUT2D eigenvalue weighted by atomic mass is 16.5. The van der Waals surface area contributed by atoms with Crippen molar-refractivity contribution in [3.8, 4) is 5.75 Å². The number of carbonyl (C=O) groups is 1. The number of benzene rings is 2. The molecule has 0 amide bonds. The van der Waals surface area contributed by atoms with Crippen molar-refractivity contribution < 1.29 is 14.3 Å². The van der Waals surface area contributed by atoms with Gasteiger partial charge in [-0.25, -0.2) is 4.79 Å². The van der Waals surface area contributed by atoms with Crippen LogP contribution in [0, 0.1) is 0 Å². The van der Waals surface area contributed by atoms with E-state index in [2.05, 4.69) is 11.9 Å². The minimum Gasteiger partial charge on any atom is -0.497 e. The quantitative estimate of drug-likeness (QED) is 0.301. The highest BCUT2D eigenvalue weighted by molar-refractivity contribution is 5.87. The van der Waals surface area contributed by atoms with Crippen molar-refractivity contribution in [2.45, 2.75) is 19.8 Å². The van der Waals surface area contributed by atoms with Gasteiger partial charge < -0.3 is 9.47 Å². The molecule has 0 heterocycles. The highest BCUT2D eigenvalue weighted by Crippen LogP contribution is 2.15. The van der Waals surface area contributed by atoms with E-state index in [9.17, 15) is 4.79 Å². The zero-order chi connectivity index (χ0) is 17.9. The topological polar surface area (TPSA) is 47.9 Å². The highest BCUT2D eigenvalue weighted by Gasteiger charge is 1.96. The fraction of sp³-hybridized carbons (Fsp3) is 0.238. The predicted octanol–water partition coefficient (Wildman–Crippen LogP) is 4.80. The van der Waals surface area contributed by atoms with Gasteiger partial charge in [0, 0.05) is 12.3 Å². The van der Waals surface area contributed by atoms with E-state index in [1.54, 1.807) is 19.4 Å². The molecule has 0 radical (unpaired) electrons. The van der Waals surface area contributed by atoms with Gasteiger partial charge >= 0.3 is 5.97 Å². The van der Waals surface area contributed by atoms with Gasteiger partial charge in [-0.15, -0.1) is 0 Å². The summed E-state index contributed by atoms with van der Waals surface area (Å²) in [6.45, 7) is 2.53. The minimum absolute atomic E-state index is 0.310. The molecule has 2 aromatic rings. The van der Waals surface area contributed by atoms with Crippen LogP contribution in [0.5, 0.6) is 5.75 Å². The Labute approximate surface area is 148 Å². The molecule has 0 bridgehead atoms. The first-order valence-corrected chi connectivity index (χ1v) is 8.34. The lowest BCUT2D eigenvalue weighted by molar-refractivity contribution is -0.137. The van der Waals surface area contributed by atoms with E-state index in [-0.39, 0.29) is 5.97 Å². The SMILES string of the molecule is CCCCOC(=O)/C=C\c1ccc(N=Cc2ccc(OC)cc2)cc1. The van der Waals surface area contributed by atoms with Gasteiger partial charge in [0.05, 0.1) is 19.4 Å². The molecule has 0 N–H and O–H groups in total. The van der Waals surface area contributed by atoms with Crippen LogP contribution < -0.4 is 4.74 Å². The van der Waals surface area contributed by atoms with Gasteiger partial charge in [0.15, 0.2) is 0 Å². The van der Waals surface area contributed by atoms with Gasteiger partial charge in [0.1, 0.15) is 5.75 Å². The molecule has 2 rings (SSSR count). The second-order valence-electron chi connectivity index (χ2n) is 5.48. The monoisotopic (exact) mass is 337 g/mol. The summed E-state index contributed by atoms with van der Waals surface area (Å²) >= 11 is 0. The molecule has 4 heteroatoms. The second-order valence-corrected chi connectivity index (χ2v) is 5.48. The molecule has 0 saturated heterocycles. The average molecular weight is 337 g/mol. The fourth-order valence-electron chi connectivity index (χ4n) is 2.04. The Morgan fingerprint density at radius 1 is 1.04 bits per heavy atom. The molecule has 0 saturated carbocycles. The molecule has 0 atom stereocenters. The minimum atomic E-state index is -0.310. The fourth-order valence-corrected chi connectivity index (χ4v) is 2.04. The van der Waals surface area contributed by atoms with E-state index in [1.807, 2.05) is 48.5 Å². The zero-order valence-corrected chi connectivity index (χ0v) is 14.6. The van der Waals surface area contributed by atoms with Crippen LogP contribution in [-0.2, 0) is 9.53 Å². The number of hydrogen-bond acceptors (Lipinski definition) is 4. The number of esters is 1. The standard InChI is InChI=1S/C21H23NO3/c1-3-4-15-25-21(23)14-9-17-5-10-19(11-6-17)22-16-18-7-12-20(24-2)13-8-18/h5-14,16H,3-4,15H2,1-2H3/b14-9-,22-16?. The lowest BCUT2D eigenvalue weighted by atomic mass is 10.2. The van der Waals surface area contributed by atoms with Crippen LogP contribution in [0.2, 0.25) is 0 Å². The Kier molecular flexibility index (Phi) is 7.44. The molecular formula is C21H23NO3. The third-order valence-electron chi connectivity index (χ3n) is 3.53. The van der Waals surface area contributed by atoms with E-state index in [4.69, 9.17) is 9.47 Å². The van der Waals surface area contributed by atoms with E-state index < -0.39 is 0 Å². The maximum absolute atomic E-state index is 11.5. The molecule has 4 nitrogen and oxygen atoms in total. The molecule has 25 heavy (non-hydrogen) atoms. The van der Waals surface area contributed by atoms with Gasteiger partial charge in [-0.3, -0.25) is 4.99 Å². The molecular weight excluding hydrogens is 314 g/mol. The summed E-state index contributed by atoms with van der Waals surface area (Å²) < 4.78 is 10.2. The molecule has 0 spiro atoms. The van der Waals surface area contributed by atoms with E-state index in [0.717, 1.165) is 35.4 Å². The first kappa shape index (κ1) is 18.5. The van der Waals surface area contributed by atoms with Crippen molar-refractivity contribution in [1.82, 2.24) is 0 Å². The van der Waals surface area contributed by atoms with Crippen molar-refractivity contribution in [1.29, 1.82) is 0 Å². The van der Waals surface area contributed by atoms with Gasteiger partial charge in [-0.2, -0.15) is 0 Å². The number of ether oxygens (including phenoxy) is 2. The zero-order valence-electron chi connectivity index (χ0n) is 14.6. The number of hydrogen-bond donors (Lipinski definition) is 0. The first-order chi connectivity index (χ1) is 12.2. The number of nitrogens with zero attached hydrogens (tertiary/aromatic N) is 1. The Morgan fingerprint density at radius 2 is 1.72 bits per heavy atom. The predicted molar refractivity (Wildman–Crippen MR) is 102 cm³/mol. The molecule has 0 aliphatic carbocycles. The molecule has 0 aromatic heterocycles. The van der Waals surface area contributed by atoms with Crippen LogP contribution in [0.15, 0.2) is 59.6 Å². The summed E-state index contributed by atoms with van der Waals surface area (Å²) in [7, 11) is 1.64. The van der Waals surface area contributed by atoms with E-state index in [0.29, 0.717) is 6.61 Å². The Hall–Kier alpha value is -2.88. The van der Waals surface area contributed by atoms with Crippen molar-refractivity contribution in [3.05, 3.63) is 65.7 Å². The first-order valence-electron chi connectivity index (χ1n) is 8.34. The Bertz CT molecular complexity index is 716. The number of unbranched alkanes of at least 4 members (excludes halogenated alkanes) is 1. The van der Waals surface area contributed by atoms with Crippen LogP contribution in [-0.4, -0.2) is 25.9 Å². The Balaban J connectivity index is 1.90. The van der Waals surface area contributed by atoms with Gasteiger partial charge in [0.2, 0.25) is 0 Å². The lowest BCUT2D eigenvalue weighted by Gasteiger charge is -2.00. The normalized spacial score (nSPS) is 11.1. The molecule has 0 unspecified atom stereocenters. The summed E-state index contributed by atoms with van der Waals surface area (Å²) in [5, 5.41) is 0. The number of methoxy groups -OCH3 is 1. The summed E-state index contributed by atoms with van der Waals surface area (Å²) in [6, 6.07) is 15.3. The molecule has 0 aliphatic heterocycles. The number of carbonyl (C=O) groups excluding carboxylic acids is 1. The largest absolute Gasteiger partial charge is 0.497 e. The number of aliphatic imine (C=N–C) groups is 1. The van der Waals surface area contributed by atoms with Crippen LogP contribution in [0.3, 0.4) is 0 Å². The second kappa shape index (κ2) is 10.1. The summed E-state index contributed by atoms with van der Waals surface area (Å²) in [5.41, 5.74) is 2.77. The maximum Gasteiger partial charge on any atom is 0.330 e. The van der Waals surface area contributed by atoms with Gasteiger partial charge in [0.25, 0.3) is 0 Å². The van der Waals surface area contributed by atoms with Crippen molar-refractivity contribution in [2.24, 2.45) is 4.99 Å². The van der Waals surface area contributed by atoms with Gasteiger partial charge in [-0.1, -0.05) is 25.5 Å². The Morgan fingerprint density at radius 3 is 2.36 bits per heavy atom. The van der Waals surface area contributed by atoms with Crippen molar-refractivity contribution >= 4 is 23.9 Å². The van der Waals surface area contributed by atoms with Crippen LogP contribution >= 0.6 is 0 Å². The van der Waals surface area contributed by atoms with E-state index in [1.165, 1.54) is 6.08 Å². The maximum atomic E-state index is 11.5. The summed E-state index contributed by atoms with van der Waals surface area (Å²) in [5.74, 6) is 0.511. The molecule has 0 fully saturated rings. The third kappa shape index (κ3) is 6.63. The lowest BCUT2D eigenvalue weighted by Crippen LogP contribution is -2.01. The van der Waals surface area contributed by atoms with Gasteiger partial charge in [-0.05, 0) is 60.0 Å². The number of rotatable bonds is 8. The van der Waals surface area contributed by atoms with Crippen LogP contribution in [0.4, 0.5) is 5.69 Å². The van der Waals surface area contributed by atoms with E-state index >= 15 is 0 Å². The summed E-state index contributed by atoms with van der Waals surface area (Å²) in [6.07, 6.45) is 6.89. The molecule has 2 aromatic carbocycles.